The Morgan fingerprint density at radius 2 is 2.15 bits per heavy atom. The Labute approximate surface area is 179 Å². The van der Waals surface area contributed by atoms with E-state index in [1.807, 2.05) is 30.3 Å². The molecular weight excluding hydrogens is 525 g/mol. The second-order valence-corrected chi connectivity index (χ2v) is 7.56. The van der Waals surface area contributed by atoms with E-state index in [9.17, 15) is 4.79 Å². The summed E-state index contributed by atoms with van der Waals surface area (Å²) in [5, 5.41) is 0. The Hall–Kier alpha value is -2.13. The Bertz CT molecular complexity index is 968. The predicted molar refractivity (Wildman–Crippen MR) is 116 cm³/mol. The average Bonchev–Trinajstić information content (AvgIpc) is 3.01. The summed E-state index contributed by atoms with van der Waals surface area (Å²) in [7, 11) is 1.57. The highest BCUT2D eigenvalue weighted by atomic mass is 127. The summed E-state index contributed by atoms with van der Waals surface area (Å²) in [6, 6.07) is 11.1. The van der Waals surface area contributed by atoms with Crippen molar-refractivity contribution in [3.8, 4) is 11.5 Å². The lowest BCUT2D eigenvalue weighted by Gasteiger charge is -2.12. The molecule has 1 aliphatic heterocycles. The van der Waals surface area contributed by atoms with Gasteiger partial charge in [0.15, 0.2) is 17.2 Å². The van der Waals surface area contributed by atoms with Crippen molar-refractivity contribution >= 4 is 56.5 Å². The number of nitrogens with zero attached hydrogens (tertiary/aromatic N) is 1. The van der Waals surface area contributed by atoms with Crippen LogP contribution in [0.5, 0.6) is 11.5 Å². The molecule has 0 atom stereocenters. The second-order valence-electron chi connectivity index (χ2n) is 5.48. The summed E-state index contributed by atoms with van der Waals surface area (Å²) in [5.74, 6) is 0.983. The molecule has 5 nitrogen and oxygen atoms in total. The van der Waals surface area contributed by atoms with Crippen molar-refractivity contribution in [1.29, 1.82) is 0 Å². The van der Waals surface area contributed by atoms with Crippen LogP contribution < -0.4 is 9.47 Å². The lowest BCUT2D eigenvalue weighted by atomic mass is 10.1. The molecule has 0 fully saturated rings. The molecule has 3 rings (SSSR count). The van der Waals surface area contributed by atoms with Crippen LogP contribution in [0.2, 0.25) is 0 Å². The molecule has 0 radical (unpaired) electrons. The fourth-order valence-electron chi connectivity index (χ4n) is 2.42. The van der Waals surface area contributed by atoms with E-state index >= 15 is 0 Å². The number of carbonyl (C=O) groups excluding carboxylic acids is 1. The van der Waals surface area contributed by atoms with Gasteiger partial charge >= 0.3 is 5.97 Å². The molecule has 0 spiro atoms. The zero-order chi connectivity index (χ0) is 19.4. The van der Waals surface area contributed by atoms with Gasteiger partial charge in [-0.1, -0.05) is 34.7 Å². The van der Waals surface area contributed by atoms with Crippen LogP contribution >= 0.6 is 38.5 Å². The molecule has 0 unspecified atom stereocenters. The lowest BCUT2D eigenvalue weighted by molar-refractivity contribution is -0.129. The normalized spacial score (nSPS) is 14.7. The van der Waals surface area contributed by atoms with Crippen molar-refractivity contribution in [3.63, 3.8) is 0 Å². The van der Waals surface area contributed by atoms with Crippen molar-refractivity contribution in [2.75, 3.05) is 13.7 Å². The summed E-state index contributed by atoms with van der Waals surface area (Å²) in [6.45, 7) is 4.02. The van der Waals surface area contributed by atoms with Crippen LogP contribution in [-0.2, 0) is 9.53 Å². The zero-order valence-electron chi connectivity index (χ0n) is 14.4. The number of rotatable bonds is 6. The fourth-order valence-corrected chi connectivity index (χ4v) is 3.60. The van der Waals surface area contributed by atoms with Gasteiger partial charge in [-0.05, 0) is 64.6 Å². The van der Waals surface area contributed by atoms with Gasteiger partial charge in [0.25, 0.3) is 0 Å². The molecule has 0 aliphatic carbocycles. The third kappa shape index (κ3) is 4.59. The van der Waals surface area contributed by atoms with Crippen LogP contribution in [0.1, 0.15) is 11.1 Å². The number of methoxy groups -OCH3 is 1. The van der Waals surface area contributed by atoms with E-state index in [1.165, 1.54) is 0 Å². The van der Waals surface area contributed by atoms with Gasteiger partial charge in [-0.15, -0.1) is 0 Å². The first-order valence-corrected chi connectivity index (χ1v) is 9.78. The first-order chi connectivity index (χ1) is 13.0. The molecule has 0 aromatic heterocycles. The standard InChI is InChI=1S/C20H15BrINO4/c1-3-7-26-18-15(22)8-12(10-17(18)25-2)9-16-20(24)27-19(23-16)13-5-4-6-14(21)11-13/h3-6,8-11H,1,7H2,2H3/b16-9-. The van der Waals surface area contributed by atoms with Gasteiger partial charge in [0.2, 0.25) is 5.90 Å². The maximum atomic E-state index is 12.2. The molecular formula is C20H15BrINO4. The number of benzene rings is 2. The van der Waals surface area contributed by atoms with E-state index in [0.29, 0.717) is 18.1 Å². The SMILES string of the molecule is C=CCOc1c(I)cc(/C=C2\N=C(c3cccc(Br)c3)OC2=O)cc1OC. The molecule has 0 saturated carbocycles. The molecule has 0 amide bonds. The van der Waals surface area contributed by atoms with Crippen LogP contribution in [0, 0.1) is 3.57 Å². The first-order valence-electron chi connectivity index (χ1n) is 7.91. The Balaban J connectivity index is 1.95. The molecule has 1 aliphatic rings. The lowest BCUT2D eigenvalue weighted by Crippen LogP contribution is -2.05. The minimum atomic E-state index is -0.495. The fraction of sp³-hybridized carbons (Fsp3) is 0.100. The number of aliphatic imine (C=N–C) groups is 1. The quantitative estimate of drug-likeness (QED) is 0.225. The summed E-state index contributed by atoms with van der Waals surface area (Å²) < 4.78 is 18.1. The molecule has 1 heterocycles. The van der Waals surface area contributed by atoms with Crippen molar-refractivity contribution in [1.82, 2.24) is 0 Å². The minimum absolute atomic E-state index is 0.225. The van der Waals surface area contributed by atoms with Gasteiger partial charge in [-0.2, -0.15) is 0 Å². The van der Waals surface area contributed by atoms with Crippen molar-refractivity contribution in [2.45, 2.75) is 0 Å². The van der Waals surface area contributed by atoms with Crippen LogP contribution in [0.25, 0.3) is 6.08 Å². The van der Waals surface area contributed by atoms with E-state index in [2.05, 4.69) is 50.1 Å². The average molecular weight is 540 g/mol. The molecule has 0 bridgehead atoms. The molecule has 7 heteroatoms. The van der Waals surface area contributed by atoms with Gasteiger partial charge in [0.05, 0.1) is 10.7 Å². The first kappa shape index (κ1) is 19.6. The minimum Gasteiger partial charge on any atom is -0.493 e. The second kappa shape index (κ2) is 8.71. The van der Waals surface area contributed by atoms with Crippen molar-refractivity contribution < 1.29 is 19.0 Å². The molecule has 2 aromatic carbocycles. The molecule has 27 heavy (non-hydrogen) atoms. The zero-order valence-corrected chi connectivity index (χ0v) is 18.1. The number of cyclic esters (lactones) is 1. The van der Waals surface area contributed by atoms with Crippen LogP contribution in [-0.4, -0.2) is 25.6 Å². The maximum absolute atomic E-state index is 12.2. The van der Waals surface area contributed by atoms with Crippen LogP contribution in [0.3, 0.4) is 0 Å². The predicted octanol–water partition coefficient (Wildman–Crippen LogP) is 4.97. The highest BCUT2D eigenvalue weighted by Gasteiger charge is 2.24. The van der Waals surface area contributed by atoms with Crippen molar-refractivity contribution in [3.05, 3.63) is 73.9 Å². The largest absolute Gasteiger partial charge is 0.493 e. The smallest absolute Gasteiger partial charge is 0.363 e. The summed E-state index contributed by atoms with van der Waals surface area (Å²) in [5.41, 5.74) is 1.71. The van der Waals surface area contributed by atoms with Gasteiger partial charge in [-0.3, -0.25) is 0 Å². The van der Waals surface area contributed by atoms with Gasteiger partial charge in [0, 0.05) is 10.0 Å². The maximum Gasteiger partial charge on any atom is 0.363 e. The Morgan fingerprint density at radius 1 is 1.33 bits per heavy atom. The van der Waals surface area contributed by atoms with E-state index < -0.39 is 5.97 Å². The molecule has 138 valence electrons. The third-order valence-corrected chi connectivity index (χ3v) is 4.89. The highest BCUT2D eigenvalue weighted by Crippen LogP contribution is 2.35. The third-order valence-electron chi connectivity index (χ3n) is 3.59. The van der Waals surface area contributed by atoms with E-state index in [4.69, 9.17) is 14.2 Å². The van der Waals surface area contributed by atoms with Crippen LogP contribution in [0.15, 0.2) is 64.2 Å². The monoisotopic (exact) mass is 539 g/mol. The topological polar surface area (TPSA) is 57.1 Å². The molecule has 0 N–H and O–H groups in total. The number of ether oxygens (including phenoxy) is 3. The number of hydrogen-bond acceptors (Lipinski definition) is 5. The van der Waals surface area contributed by atoms with Gasteiger partial charge in [-0.25, -0.2) is 9.79 Å². The van der Waals surface area contributed by atoms with Gasteiger partial charge in [0.1, 0.15) is 6.61 Å². The Morgan fingerprint density at radius 3 is 2.85 bits per heavy atom. The summed E-state index contributed by atoms with van der Waals surface area (Å²) >= 11 is 5.56. The van der Waals surface area contributed by atoms with Crippen LogP contribution in [0.4, 0.5) is 0 Å². The number of halogens is 2. The number of hydrogen-bond donors (Lipinski definition) is 0. The van der Waals surface area contributed by atoms with E-state index in [0.717, 1.165) is 19.2 Å². The number of esters is 1. The van der Waals surface area contributed by atoms with E-state index in [1.54, 1.807) is 25.3 Å². The van der Waals surface area contributed by atoms with Gasteiger partial charge < -0.3 is 14.2 Å². The number of carbonyl (C=O) groups is 1. The molecule has 0 saturated heterocycles. The Kier molecular flexibility index (Phi) is 6.33. The van der Waals surface area contributed by atoms with E-state index in [-0.39, 0.29) is 11.6 Å². The van der Waals surface area contributed by atoms with Crippen molar-refractivity contribution in [2.24, 2.45) is 4.99 Å². The molecule has 2 aromatic rings. The summed E-state index contributed by atoms with van der Waals surface area (Å²) in [4.78, 5) is 16.5. The summed E-state index contributed by atoms with van der Waals surface area (Å²) in [6.07, 6.45) is 3.33. The highest BCUT2D eigenvalue weighted by molar-refractivity contribution is 14.1.